The normalized spacial score (nSPS) is 25.6. The first-order valence-corrected chi connectivity index (χ1v) is 26.2. The third-order valence-electron chi connectivity index (χ3n) is 14.9. The molecule has 3 aromatic rings. The summed E-state index contributed by atoms with van der Waals surface area (Å²) in [6.45, 7) is 20.9. The topological polar surface area (TPSA) is 203 Å². The van der Waals surface area contributed by atoms with Gasteiger partial charge in [0.25, 0.3) is 0 Å². The van der Waals surface area contributed by atoms with E-state index in [1.807, 2.05) is 77.1 Å². The zero-order valence-corrected chi connectivity index (χ0v) is 45.3. The van der Waals surface area contributed by atoms with Crippen molar-refractivity contribution in [3.63, 3.8) is 0 Å². The van der Waals surface area contributed by atoms with Crippen molar-refractivity contribution in [1.82, 2.24) is 15.1 Å². The van der Waals surface area contributed by atoms with E-state index >= 15 is 0 Å². The lowest BCUT2D eigenvalue weighted by atomic mass is 9.80. The first-order valence-electron chi connectivity index (χ1n) is 26.2. The molecule has 3 aliphatic heterocycles. The number of benzene rings is 3. The lowest BCUT2D eigenvalue weighted by Gasteiger charge is -2.49. The molecule has 6 rings (SSSR count). The standard InChI is InChI=1S/C57H80N6O11/c1-12-46(64)57(10)49(63(54(67)74-57)31-23-22-30-60-61-58)41(6)59-34-37(2)33-56(9,68-11)50(39(4)47-40(5)51(65)73-55(7,8)72-47)71-53-48(70-52(66)44-28-20-15-21-29-44)45(32-38(3)69-53)62(35-42-24-16-13-17-25-42)36-43-26-18-14-19-27-43/h13-21,24-29,37-39,41,45-46,48-50,53,59,64H,12,22-23,30-36H2,1-11H3/t37-,38?,39+,41-,45?,46-,48?,49-,50-,53+,56-,57-/m1/s1. The molecule has 2 N–H and O–H groups in total. The van der Waals surface area contributed by atoms with Crippen LogP contribution in [0.3, 0.4) is 0 Å². The lowest BCUT2D eigenvalue weighted by Crippen LogP contribution is -2.61. The fourth-order valence-corrected chi connectivity index (χ4v) is 11.1. The van der Waals surface area contributed by atoms with E-state index in [1.54, 1.807) is 64.0 Å². The maximum atomic E-state index is 14.4. The van der Waals surface area contributed by atoms with E-state index in [0.29, 0.717) is 81.7 Å². The van der Waals surface area contributed by atoms with Crippen molar-refractivity contribution in [2.45, 2.75) is 180 Å². The Labute approximate surface area is 437 Å². The molecule has 0 saturated carbocycles. The lowest BCUT2D eigenvalue weighted by molar-refractivity contribution is -0.300. The van der Waals surface area contributed by atoms with Gasteiger partial charge in [-0.25, -0.2) is 14.4 Å². The minimum atomic E-state index is -1.28. The maximum absolute atomic E-state index is 14.4. The summed E-state index contributed by atoms with van der Waals surface area (Å²) in [6.07, 6.45) is -2.29. The molecule has 17 nitrogen and oxygen atoms in total. The van der Waals surface area contributed by atoms with Gasteiger partial charge in [-0.3, -0.25) is 9.80 Å². The van der Waals surface area contributed by atoms with E-state index in [1.165, 1.54) is 0 Å². The van der Waals surface area contributed by atoms with Gasteiger partial charge in [-0.05, 0) is 108 Å². The number of hydrogen-bond acceptors (Lipinski definition) is 14. The van der Waals surface area contributed by atoms with Crippen molar-refractivity contribution in [1.29, 1.82) is 0 Å². The number of unbranched alkanes of at least 4 members (excludes halogenated alkanes) is 1. The minimum absolute atomic E-state index is 0.111. The van der Waals surface area contributed by atoms with Crippen LogP contribution in [0.2, 0.25) is 0 Å². The van der Waals surface area contributed by atoms with E-state index < -0.39 is 77.6 Å². The second-order valence-electron chi connectivity index (χ2n) is 21.3. The van der Waals surface area contributed by atoms with Crippen molar-refractivity contribution < 1.29 is 52.6 Å². The zero-order valence-electron chi connectivity index (χ0n) is 45.3. The van der Waals surface area contributed by atoms with Crippen LogP contribution in [-0.4, -0.2) is 126 Å². The first-order chi connectivity index (χ1) is 35.2. The van der Waals surface area contributed by atoms with Gasteiger partial charge in [-0.15, -0.1) is 0 Å². The van der Waals surface area contributed by atoms with Crippen LogP contribution in [0, 0.1) is 11.8 Å². The monoisotopic (exact) mass is 1020 g/mol. The molecule has 0 aromatic heterocycles. The van der Waals surface area contributed by atoms with E-state index in [-0.39, 0.29) is 18.1 Å². The fraction of sp³-hybridized carbons (Fsp3) is 0.596. The van der Waals surface area contributed by atoms with Gasteiger partial charge in [-0.1, -0.05) is 105 Å². The number of carbonyl (C=O) groups excluding carboxylic acids is 3. The van der Waals surface area contributed by atoms with Gasteiger partial charge in [0, 0.05) is 64.0 Å². The number of ether oxygens (including phenoxy) is 7. The van der Waals surface area contributed by atoms with Crippen molar-refractivity contribution in [3.8, 4) is 0 Å². The highest BCUT2D eigenvalue weighted by Gasteiger charge is 2.57. The highest BCUT2D eigenvalue weighted by molar-refractivity contribution is 5.90. The Balaban J connectivity index is 1.36. The zero-order chi connectivity index (χ0) is 53.8. The number of cyclic esters (lactones) is 2. The Morgan fingerprint density at radius 1 is 0.959 bits per heavy atom. The van der Waals surface area contributed by atoms with Gasteiger partial charge in [0.1, 0.15) is 5.76 Å². The quantitative estimate of drug-likeness (QED) is 0.0192. The third kappa shape index (κ3) is 14.2. The van der Waals surface area contributed by atoms with Crippen LogP contribution < -0.4 is 5.32 Å². The Morgan fingerprint density at radius 2 is 1.57 bits per heavy atom. The molecular formula is C57H80N6O11. The van der Waals surface area contributed by atoms with Crippen LogP contribution in [0.15, 0.2) is 107 Å². The molecular weight excluding hydrogens is 945 g/mol. The van der Waals surface area contributed by atoms with Crippen LogP contribution in [-0.2, 0) is 51.0 Å². The van der Waals surface area contributed by atoms with E-state index in [9.17, 15) is 19.5 Å². The summed E-state index contributed by atoms with van der Waals surface area (Å²) in [4.78, 5) is 48.2. The largest absolute Gasteiger partial charge is 0.456 e. The minimum Gasteiger partial charge on any atom is -0.456 e. The molecule has 2 fully saturated rings. The Bertz CT molecular complexity index is 2350. The average Bonchev–Trinajstić information content (AvgIpc) is 3.65. The summed E-state index contributed by atoms with van der Waals surface area (Å²) in [5.74, 6) is -2.70. The van der Waals surface area contributed by atoms with Crippen molar-refractivity contribution >= 4 is 18.0 Å². The molecule has 0 spiro atoms. The van der Waals surface area contributed by atoms with E-state index in [4.69, 9.17) is 38.7 Å². The number of nitrogens with zero attached hydrogens (tertiary/aromatic N) is 5. The van der Waals surface area contributed by atoms with Crippen molar-refractivity contribution in [2.24, 2.45) is 17.0 Å². The third-order valence-corrected chi connectivity index (χ3v) is 14.9. The second-order valence-corrected chi connectivity index (χ2v) is 21.3. The summed E-state index contributed by atoms with van der Waals surface area (Å²) in [6, 6.07) is 28.0. The molecule has 3 aliphatic rings. The number of azide groups is 1. The second kappa shape index (κ2) is 25.8. The van der Waals surface area contributed by atoms with Gasteiger partial charge in [0.2, 0.25) is 5.79 Å². The fourth-order valence-electron chi connectivity index (χ4n) is 11.1. The Morgan fingerprint density at radius 3 is 2.15 bits per heavy atom. The van der Waals surface area contributed by atoms with Gasteiger partial charge in [-0.2, -0.15) is 0 Å². The van der Waals surface area contributed by atoms with Crippen LogP contribution in [0.5, 0.6) is 0 Å². The average molecular weight is 1030 g/mol. The van der Waals surface area contributed by atoms with Crippen LogP contribution in [0.1, 0.15) is 123 Å². The SMILES string of the molecule is CC[C@@H](O)[C@@]1(C)OC(=O)N(CCCCN=[N+]=[N-])[C@@H]1[C@@H](C)NC[C@H](C)C[C@@](C)(OC)[C@H](O[C@@H]1OC(C)CC(N(Cc2ccccc2)Cc2ccccc2)C1OC(=O)c1ccccc1)[C@@H](C)C1=C(C)C(=O)OC(C)(C)O1. The van der Waals surface area contributed by atoms with Crippen LogP contribution in [0.25, 0.3) is 10.4 Å². The molecule has 17 heteroatoms. The summed E-state index contributed by atoms with van der Waals surface area (Å²) in [5, 5.41) is 18.6. The first kappa shape index (κ1) is 57.8. The molecule has 3 unspecified atom stereocenters. The van der Waals surface area contributed by atoms with Crippen LogP contribution >= 0.6 is 0 Å². The molecule has 0 aliphatic carbocycles. The number of carbonyl (C=O) groups is 3. The summed E-state index contributed by atoms with van der Waals surface area (Å²) in [7, 11) is 1.63. The highest BCUT2D eigenvalue weighted by atomic mass is 16.7. The highest BCUT2D eigenvalue weighted by Crippen LogP contribution is 2.42. The van der Waals surface area contributed by atoms with Gasteiger partial charge in [0.15, 0.2) is 18.0 Å². The number of amides is 1. The molecule has 3 heterocycles. The number of aliphatic hydroxyl groups is 1. The number of aliphatic hydroxyl groups excluding tert-OH is 1. The van der Waals surface area contributed by atoms with E-state index in [2.05, 4.69) is 51.4 Å². The molecule has 0 radical (unpaired) electrons. The molecule has 0 bridgehead atoms. The number of rotatable bonds is 26. The number of esters is 2. The Kier molecular flexibility index (Phi) is 20.1. The molecule has 12 atom stereocenters. The smallest absolute Gasteiger partial charge is 0.410 e. The van der Waals surface area contributed by atoms with Gasteiger partial charge < -0.3 is 43.6 Å². The molecule has 3 aromatic carbocycles. The summed E-state index contributed by atoms with van der Waals surface area (Å²) < 4.78 is 45.7. The van der Waals surface area contributed by atoms with Crippen molar-refractivity contribution in [3.05, 3.63) is 129 Å². The predicted molar refractivity (Wildman–Crippen MR) is 280 cm³/mol. The summed E-state index contributed by atoms with van der Waals surface area (Å²) in [5.41, 5.74) is 9.31. The van der Waals surface area contributed by atoms with Gasteiger partial charge in [0.05, 0.1) is 47.1 Å². The number of nitrogens with one attached hydrogen (secondary N) is 1. The summed E-state index contributed by atoms with van der Waals surface area (Å²) >= 11 is 0. The molecule has 1 amide bonds. The van der Waals surface area contributed by atoms with Gasteiger partial charge >= 0.3 is 18.0 Å². The molecule has 74 heavy (non-hydrogen) atoms. The molecule has 2 saturated heterocycles. The number of methoxy groups -OCH3 is 1. The van der Waals surface area contributed by atoms with E-state index in [0.717, 1.165) is 11.1 Å². The maximum Gasteiger partial charge on any atom is 0.410 e. The molecule has 404 valence electrons. The number of hydrogen-bond donors (Lipinski definition) is 2. The van der Waals surface area contributed by atoms with Crippen LogP contribution in [0.4, 0.5) is 4.79 Å². The predicted octanol–water partition coefficient (Wildman–Crippen LogP) is 9.87. The Hall–Kier alpha value is -5.52. The van der Waals surface area contributed by atoms with Crippen molar-refractivity contribution in [2.75, 3.05) is 26.7 Å².